The van der Waals surface area contributed by atoms with Crippen LogP contribution in [0.1, 0.15) is 61.2 Å². The van der Waals surface area contributed by atoms with Gasteiger partial charge in [0.25, 0.3) is 0 Å². The highest BCUT2D eigenvalue weighted by Crippen LogP contribution is 2.18. The molecule has 4 heteroatoms. The lowest BCUT2D eigenvalue weighted by molar-refractivity contribution is 0.215. The van der Waals surface area contributed by atoms with Crippen LogP contribution in [-0.4, -0.2) is 23.7 Å². The van der Waals surface area contributed by atoms with Gasteiger partial charge in [0.1, 0.15) is 5.82 Å². The first kappa shape index (κ1) is 26.8. The summed E-state index contributed by atoms with van der Waals surface area (Å²) in [6.07, 6.45) is 5.13. The zero-order chi connectivity index (χ0) is 17.4. The van der Waals surface area contributed by atoms with E-state index in [-0.39, 0.29) is 7.43 Å². The van der Waals surface area contributed by atoms with Crippen molar-refractivity contribution in [3.05, 3.63) is 34.6 Å². The van der Waals surface area contributed by atoms with Crippen molar-refractivity contribution >= 4 is 33.0 Å². The number of allylic oxidation sites excluding steroid dienone is 1. The minimum Gasteiger partial charge on any atom is -0.385 e. The lowest BCUT2D eigenvalue weighted by Gasteiger charge is -1.87. The number of methoxy groups -OCH3 is 1. The molecule has 134 valence electrons. The smallest absolute Gasteiger partial charge is 0.130 e. The molecule has 0 fully saturated rings. The van der Waals surface area contributed by atoms with E-state index in [2.05, 4.69) is 43.6 Å². The van der Waals surface area contributed by atoms with Crippen molar-refractivity contribution in [1.82, 2.24) is 9.97 Å². The fourth-order valence-corrected chi connectivity index (χ4v) is 1.67. The van der Waals surface area contributed by atoms with Gasteiger partial charge in [-0.3, -0.25) is 0 Å². The number of hydrogen-bond acceptors (Lipinski definition) is 2. The van der Waals surface area contributed by atoms with E-state index in [1.54, 1.807) is 7.11 Å². The third kappa shape index (κ3) is 12.0. The zero-order valence-electron chi connectivity index (χ0n) is 15.0. The molecule has 0 radical (unpaired) electrons. The SMILES string of the molecule is C.CC.CC.CC/C=C/c1nc2ccc(Br)cc2[nH]1.CCOC. The van der Waals surface area contributed by atoms with Gasteiger partial charge in [-0.15, -0.1) is 0 Å². The minimum absolute atomic E-state index is 0. The Morgan fingerprint density at radius 3 is 2.22 bits per heavy atom. The number of imidazole rings is 1. The molecule has 0 bridgehead atoms. The molecule has 0 unspecified atom stereocenters. The predicted molar refractivity (Wildman–Crippen MR) is 110 cm³/mol. The lowest BCUT2D eigenvalue weighted by Crippen LogP contribution is -1.73. The fraction of sp³-hybridized carbons (Fsp3) is 0.526. The Kier molecular flexibility index (Phi) is 22.0. The van der Waals surface area contributed by atoms with Gasteiger partial charge in [-0.05, 0) is 37.6 Å². The number of benzene rings is 1. The van der Waals surface area contributed by atoms with Crippen molar-refractivity contribution < 1.29 is 4.74 Å². The molecule has 2 rings (SSSR count). The number of fused-ring (bicyclic) bond motifs is 1. The standard InChI is InChI=1S/C11H11BrN2.C3H8O.2C2H6.CH4/c1-2-3-4-11-13-9-6-5-8(12)7-10(9)14-11;1-3-4-2;2*1-2;/h3-7H,2H2,1H3,(H,13,14);3H2,1-2H3;2*1-2H3;1H4/b4-3+;;;;. The van der Waals surface area contributed by atoms with Gasteiger partial charge in [0.2, 0.25) is 0 Å². The molecule has 1 aromatic carbocycles. The molecule has 0 spiro atoms. The topological polar surface area (TPSA) is 37.9 Å². The summed E-state index contributed by atoms with van der Waals surface area (Å²) in [6.45, 7) is 12.9. The highest BCUT2D eigenvalue weighted by atomic mass is 79.9. The van der Waals surface area contributed by atoms with Gasteiger partial charge >= 0.3 is 0 Å². The van der Waals surface area contributed by atoms with E-state index in [0.29, 0.717) is 0 Å². The minimum atomic E-state index is 0. The number of hydrogen-bond donors (Lipinski definition) is 1. The van der Waals surface area contributed by atoms with Gasteiger partial charge in [-0.1, -0.05) is 64.1 Å². The van der Waals surface area contributed by atoms with E-state index in [1.165, 1.54) is 0 Å². The van der Waals surface area contributed by atoms with Gasteiger partial charge in [0.05, 0.1) is 11.0 Å². The maximum Gasteiger partial charge on any atom is 0.130 e. The Bertz CT molecular complexity index is 505. The largest absolute Gasteiger partial charge is 0.385 e. The normalized spacial score (nSPS) is 8.87. The summed E-state index contributed by atoms with van der Waals surface area (Å²) in [4.78, 5) is 7.67. The van der Waals surface area contributed by atoms with Crippen LogP contribution in [0, 0.1) is 0 Å². The van der Waals surface area contributed by atoms with E-state index in [0.717, 1.165) is 34.4 Å². The van der Waals surface area contributed by atoms with Gasteiger partial charge in [-0.25, -0.2) is 4.98 Å². The summed E-state index contributed by atoms with van der Waals surface area (Å²) in [6, 6.07) is 6.03. The summed E-state index contributed by atoms with van der Waals surface area (Å²) in [5, 5.41) is 0. The second-order valence-corrected chi connectivity index (χ2v) is 4.59. The number of nitrogens with zero attached hydrogens (tertiary/aromatic N) is 1. The molecular formula is C19H35BrN2O. The van der Waals surface area contributed by atoms with E-state index < -0.39 is 0 Å². The van der Waals surface area contributed by atoms with Gasteiger partial charge in [0.15, 0.2) is 0 Å². The van der Waals surface area contributed by atoms with Crippen molar-refractivity contribution in [3.63, 3.8) is 0 Å². The summed E-state index contributed by atoms with van der Waals surface area (Å²) >= 11 is 3.43. The molecule has 1 aromatic heterocycles. The summed E-state index contributed by atoms with van der Waals surface area (Å²) < 4.78 is 5.61. The first-order valence-electron chi connectivity index (χ1n) is 8.02. The second-order valence-electron chi connectivity index (χ2n) is 3.67. The van der Waals surface area contributed by atoms with E-state index in [1.807, 2.05) is 58.9 Å². The molecule has 3 nitrogen and oxygen atoms in total. The number of ether oxygens (including phenoxy) is 1. The Morgan fingerprint density at radius 1 is 1.17 bits per heavy atom. The number of aromatic nitrogens is 2. The molecule has 2 aromatic rings. The molecular weight excluding hydrogens is 352 g/mol. The molecule has 1 N–H and O–H groups in total. The van der Waals surface area contributed by atoms with Crippen molar-refractivity contribution in [3.8, 4) is 0 Å². The first-order chi connectivity index (χ1) is 10.7. The quantitative estimate of drug-likeness (QED) is 0.610. The summed E-state index contributed by atoms with van der Waals surface area (Å²) in [5.41, 5.74) is 2.07. The molecule has 0 amide bonds. The van der Waals surface area contributed by atoms with Crippen LogP contribution in [0.15, 0.2) is 28.7 Å². The van der Waals surface area contributed by atoms with Crippen molar-refractivity contribution in [2.24, 2.45) is 0 Å². The number of H-pyrrole nitrogens is 1. The van der Waals surface area contributed by atoms with Crippen molar-refractivity contribution in [2.45, 2.75) is 55.4 Å². The molecule has 0 saturated carbocycles. The fourth-order valence-electron chi connectivity index (χ4n) is 1.31. The Hall–Kier alpha value is -1.13. The maximum absolute atomic E-state index is 4.54. The summed E-state index contributed by atoms with van der Waals surface area (Å²) in [5.74, 6) is 0.917. The number of rotatable bonds is 3. The number of aromatic amines is 1. The molecule has 0 aliphatic carbocycles. The molecule has 0 aliphatic rings. The highest BCUT2D eigenvalue weighted by molar-refractivity contribution is 9.10. The second kappa shape index (κ2) is 18.9. The first-order valence-corrected chi connectivity index (χ1v) is 8.81. The van der Waals surface area contributed by atoms with Crippen LogP contribution in [0.5, 0.6) is 0 Å². The van der Waals surface area contributed by atoms with Crippen LogP contribution in [0.2, 0.25) is 0 Å². The zero-order valence-corrected chi connectivity index (χ0v) is 16.6. The lowest BCUT2D eigenvalue weighted by atomic mass is 10.3. The molecule has 0 saturated heterocycles. The monoisotopic (exact) mass is 386 g/mol. The van der Waals surface area contributed by atoms with E-state index >= 15 is 0 Å². The van der Waals surface area contributed by atoms with E-state index in [4.69, 9.17) is 0 Å². The Balaban J connectivity index is -0.000000384. The van der Waals surface area contributed by atoms with Gasteiger partial charge in [-0.2, -0.15) is 0 Å². The highest BCUT2D eigenvalue weighted by Gasteiger charge is 1.99. The van der Waals surface area contributed by atoms with Gasteiger partial charge < -0.3 is 9.72 Å². The van der Waals surface area contributed by atoms with Crippen molar-refractivity contribution in [2.75, 3.05) is 13.7 Å². The molecule has 0 aliphatic heterocycles. The van der Waals surface area contributed by atoms with Crippen LogP contribution in [0.3, 0.4) is 0 Å². The average Bonchev–Trinajstić information content (AvgIpc) is 2.98. The molecule has 23 heavy (non-hydrogen) atoms. The van der Waals surface area contributed by atoms with Crippen LogP contribution in [0.4, 0.5) is 0 Å². The van der Waals surface area contributed by atoms with Gasteiger partial charge in [0, 0.05) is 18.2 Å². The maximum atomic E-state index is 4.54. The molecule has 0 atom stereocenters. The predicted octanol–water partition coefficient (Wildman–Crippen LogP) is 7.09. The van der Waals surface area contributed by atoms with Crippen LogP contribution >= 0.6 is 15.9 Å². The Morgan fingerprint density at radius 2 is 1.74 bits per heavy atom. The third-order valence-corrected chi connectivity index (χ3v) is 2.76. The van der Waals surface area contributed by atoms with Crippen LogP contribution < -0.4 is 0 Å². The number of halogens is 1. The molecule has 1 heterocycles. The third-order valence-electron chi connectivity index (χ3n) is 2.26. The number of nitrogens with one attached hydrogen (secondary N) is 1. The van der Waals surface area contributed by atoms with Crippen LogP contribution in [0.25, 0.3) is 17.1 Å². The average molecular weight is 387 g/mol. The van der Waals surface area contributed by atoms with E-state index in [9.17, 15) is 0 Å². The van der Waals surface area contributed by atoms with Crippen LogP contribution in [-0.2, 0) is 4.74 Å². The Labute approximate surface area is 151 Å². The van der Waals surface area contributed by atoms with Crippen molar-refractivity contribution in [1.29, 1.82) is 0 Å². The summed E-state index contributed by atoms with van der Waals surface area (Å²) in [7, 11) is 1.68.